The number of rotatable bonds is 15. The standard InChI is InChI=1S/C45H48F2N2O11S/c1-42-14-12-28(51)21-33(42)34(46)22-32-31-23-37-45(36(53)25-50,43(31,2)24-35(52)44(32,42)47)60-41(59-37)26-6-8-29(9-7-26)61-30-5-3-4-27(20-30)48-38(54)13-16-57-18-19-58-17-15-49-39(55)10-11-40(49)56/h3-12,14,20-21,25,31-32,34-37,41,52-53H,13,15-19,22-24H2,1-2H3,(H,48,54)/t31-,32-,34-,35-,36?,37+,41+,42-,43-,44-,45+/m0/s1. The smallest absolute Gasteiger partial charge is 0.253 e. The Balaban J connectivity index is 0.865. The number of allylic oxidation sites excluding steroid dienone is 4. The van der Waals surface area contributed by atoms with E-state index in [0.29, 0.717) is 17.5 Å². The molecule has 13 nitrogen and oxygen atoms in total. The maximum Gasteiger partial charge on any atom is 0.253 e. The van der Waals surface area contributed by atoms with Crippen LogP contribution in [0.4, 0.5) is 14.5 Å². The number of benzene rings is 2. The second-order valence-corrected chi connectivity index (χ2v) is 18.1. The first-order valence-corrected chi connectivity index (χ1v) is 21.3. The van der Waals surface area contributed by atoms with Crippen molar-refractivity contribution in [3.63, 3.8) is 0 Å². The van der Waals surface area contributed by atoms with Gasteiger partial charge in [0.05, 0.1) is 51.6 Å². The molecular weight excluding hydrogens is 815 g/mol. The highest BCUT2D eigenvalue weighted by atomic mass is 32.2. The van der Waals surface area contributed by atoms with Gasteiger partial charge in [-0.1, -0.05) is 43.0 Å². The lowest BCUT2D eigenvalue weighted by Gasteiger charge is -2.63. The van der Waals surface area contributed by atoms with Gasteiger partial charge in [0, 0.05) is 49.9 Å². The zero-order valence-corrected chi connectivity index (χ0v) is 34.5. The van der Waals surface area contributed by atoms with Crippen LogP contribution in [0.3, 0.4) is 0 Å². The summed E-state index contributed by atoms with van der Waals surface area (Å²) in [6.45, 7) is 4.29. The van der Waals surface area contributed by atoms with Gasteiger partial charge in [-0.15, -0.1) is 0 Å². The Hall–Kier alpha value is -4.42. The molecule has 0 aromatic heterocycles. The molecule has 4 aliphatic carbocycles. The number of carbonyl (C=O) groups is 5. The molecule has 2 aromatic rings. The molecule has 11 atom stereocenters. The Morgan fingerprint density at radius 3 is 2.44 bits per heavy atom. The number of ketones is 1. The lowest BCUT2D eigenvalue weighted by molar-refractivity contribution is -0.251. The number of carbonyl (C=O) groups excluding carboxylic acids is 5. The molecule has 1 saturated heterocycles. The van der Waals surface area contributed by atoms with Crippen LogP contribution >= 0.6 is 11.8 Å². The molecule has 324 valence electrons. The van der Waals surface area contributed by atoms with Crippen molar-refractivity contribution in [3.8, 4) is 0 Å². The average molecular weight is 863 g/mol. The molecule has 3 saturated carbocycles. The summed E-state index contributed by atoms with van der Waals surface area (Å²) < 4.78 is 57.6. The number of aliphatic hydroxyl groups is 2. The van der Waals surface area contributed by atoms with E-state index in [9.17, 15) is 34.2 Å². The van der Waals surface area contributed by atoms with Crippen molar-refractivity contribution in [1.29, 1.82) is 0 Å². The van der Waals surface area contributed by atoms with Crippen molar-refractivity contribution < 1.29 is 61.9 Å². The van der Waals surface area contributed by atoms with Crippen LogP contribution in [0.5, 0.6) is 0 Å². The topological polar surface area (TPSA) is 178 Å². The minimum atomic E-state index is -2.33. The van der Waals surface area contributed by atoms with Gasteiger partial charge in [-0.25, -0.2) is 8.78 Å². The van der Waals surface area contributed by atoms with Gasteiger partial charge in [0.25, 0.3) is 11.8 Å². The molecule has 2 aromatic carbocycles. The Morgan fingerprint density at radius 1 is 1.00 bits per heavy atom. The second kappa shape index (κ2) is 16.7. The summed E-state index contributed by atoms with van der Waals surface area (Å²) in [5.41, 5.74) is -5.55. The van der Waals surface area contributed by atoms with Crippen molar-refractivity contribution in [2.75, 3.05) is 38.3 Å². The van der Waals surface area contributed by atoms with Gasteiger partial charge >= 0.3 is 0 Å². The number of halogens is 2. The summed E-state index contributed by atoms with van der Waals surface area (Å²) >= 11 is 1.45. The van der Waals surface area contributed by atoms with E-state index in [0.717, 1.165) is 20.8 Å². The molecular formula is C45H48F2N2O11S. The number of imide groups is 1. The van der Waals surface area contributed by atoms with Crippen LogP contribution in [-0.2, 0) is 42.9 Å². The zero-order valence-electron chi connectivity index (χ0n) is 33.7. The van der Waals surface area contributed by atoms with Crippen LogP contribution in [0.2, 0.25) is 0 Å². The minimum absolute atomic E-state index is 0.0125. The number of fused-ring (bicyclic) bond motifs is 7. The van der Waals surface area contributed by atoms with Crippen molar-refractivity contribution in [2.24, 2.45) is 22.7 Å². The summed E-state index contributed by atoms with van der Waals surface area (Å²) in [5, 5.41) is 26.1. The van der Waals surface area contributed by atoms with E-state index in [1.54, 1.807) is 25.1 Å². The van der Waals surface area contributed by atoms with Gasteiger partial charge in [0.2, 0.25) is 5.91 Å². The van der Waals surface area contributed by atoms with E-state index < -0.39 is 70.5 Å². The number of ether oxygens (including phenoxy) is 4. The highest BCUT2D eigenvalue weighted by Gasteiger charge is 2.79. The number of aldehydes is 1. The highest BCUT2D eigenvalue weighted by molar-refractivity contribution is 7.99. The molecule has 0 bridgehead atoms. The van der Waals surface area contributed by atoms with Crippen LogP contribution in [0.15, 0.2) is 94.3 Å². The number of anilines is 1. The average Bonchev–Trinajstić information content (AvgIpc) is 3.86. The van der Waals surface area contributed by atoms with Gasteiger partial charge in [-0.2, -0.15) is 0 Å². The number of nitrogens with one attached hydrogen (secondary N) is 1. The highest BCUT2D eigenvalue weighted by Crippen LogP contribution is 2.73. The molecule has 0 radical (unpaired) electrons. The third-order valence-corrected chi connectivity index (χ3v) is 14.7. The Morgan fingerprint density at radius 2 is 1.72 bits per heavy atom. The molecule has 2 aliphatic heterocycles. The monoisotopic (exact) mass is 862 g/mol. The van der Waals surface area contributed by atoms with E-state index >= 15 is 8.78 Å². The lowest BCUT2D eigenvalue weighted by atomic mass is 9.44. The Bertz CT molecular complexity index is 2170. The largest absolute Gasteiger partial charge is 0.390 e. The Labute approximate surface area is 355 Å². The van der Waals surface area contributed by atoms with Gasteiger partial charge in [0.1, 0.15) is 17.9 Å². The van der Waals surface area contributed by atoms with Crippen LogP contribution < -0.4 is 5.32 Å². The summed E-state index contributed by atoms with van der Waals surface area (Å²) in [7, 11) is 0. The molecule has 3 N–H and O–H groups in total. The molecule has 0 spiro atoms. The first kappa shape index (κ1) is 43.2. The molecule has 2 heterocycles. The minimum Gasteiger partial charge on any atom is -0.390 e. The predicted molar refractivity (Wildman–Crippen MR) is 215 cm³/mol. The SMILES string of the molecule is C[C@]12C=CC(=O)C=C1[C@@H](F)C[C@H]1[C@@H]3C[C@H]4O[C@@H](c5ccc(Sc6cccc(NC(=O)CCOCCOCCN7C(=O)C=CC7=O)c6)cc5)O[C@@]4(C(O)C=O)[C@@]3(C)C[C@H](O)[C@@]12F. The van der Waals surface area contributed by atoms with Crippen LogP contribution in [-0.4, -0.2) is 114 Å². The molecule has 4 fully saturated rings. The molecule has 1 unspecified atom stereocenters. The summed E-state index contributed by atoms with van der Waals surface area (Å²) in [4.78, 5) is 63.2. The summed E-state index contributed by atoms with van der Waals surface area (Å²) in [6.07, 6.45) is -0.508. The number of aliphatic hydroxyl groups excluding tert-OH is 2. The number of amides is 3. The third kappa shape index (κ3) is 7.33. The van der Waals surface area contributed by atoms with Gasteiger partial charge < -0.3 is 39.3 Å². The number of nitrogens with zero attached hydrogens (tertiary/aromatic N) is 1. The van der Waals surface area contributed by atoms with Gasteiger partial charge in [-0.05, 0) is 80.2 Å². The lowest BCUT2D eigenvalue weighted by Crippen LogP contribution is -2.71. The maximum atomic E-state index is 17.7. The summed E-state index contributed by atoms with van der Waals surface area (Å²) in [6, 6.07) is 14.7. The number of hydrogen-bond donors (Lipinski definition) is 3. The first-order valence-electron chi connectivity index (χ1n) is 20.4. The van der Waals surface area contributed by atoms with Crippen molar-refractivity contribution in [1.82, 2.24) is 4.90 Å². The maximum absolute atomic E-state index is 17.7. The van der Waals surface area contributed by atoms with Crippen LogP contribution in [0, 0.1) is 22.7 Å². The van der Waals surface area contributed by atoms with Gasteiger partial charge in [-0.3, -0.25) is 24.1 Å². The third-order valence-electron chi connectivity index (χ3n) is 13.7. The van der Waals surface area contributed by atoms with Crippen LogP contribution in [0.25, 0.3) is 0 Å². The predicted octanol–water partition coefficient (Wildman–Crippen LogP) is 4.77. The number of alkyl halides is 2. The molecule has 16 heteroatoms. The van der Waals surface area contributed by atoms with E-state index in [1.807, 2.05) is 30.3 Å². The van der Waals surface area contributed by atoms with Crippen molar-refractivity contribution >= 4 is 47.2 Å². The summed E-state index contributed by atoms with van der Waals surface area (Å²) in [5.74, 6) is -3.06. The fraction of sp³-hybridized carbons (Fsp3) is 0.489. The second-order valence-electron chi connectivity index (χ2n) is 16.9. The molecule has 8 rings (SSSR count). The van der Waals surface area contributed by atoms with E-state index in [1.165, 1.54) is 43.0 Å². The Kier molecular flexibility index (Phi) is 11.8. The quantitative estimate of drug-likeness (QED) is 0.127. The first-order chi connectivity index (χ1) is 29.1. The normalized spacial score (nSPS) is 35.3. The van der Waals surface area contributed by atoms with E-state index in [-0.39, 0.29) is 82.0 Å². The van der Waals surface area contributed by atoms with E-state index in [4.69, 9.17) is 18.9 Å². The molecule has 6 aliphatic rings. The van der Waals surface area contributed by atoms with Crippen molar-refractivity contribution in [3.05, 3.63) is 90.0 Å². The molecule has 61 heavy (non-hydrogen) atoms. The van der Waals surface area contributed by atoms with Gasteiger partial charge in [0.15, 0.2) is 24.0 Å². The molecule has 3 amide bonds. The number of hydrogen-bond acceptors (Lipinski definition) is 12. The zero-order chi connectivity index (χ0) is 43.3. The van der Waals surface area contributed by atoms with Crippen LogP contribution in [0.1, 0.15) is 51.4 Å². The fourth-order valence-electron chi connectivity index (χ4n) is 10.8. The fourth-order valence-corrected chi connectivity index (χ4v) is 11.6. The van der Waals surface area contributed by atoms with E-state index in [2.05, 4.69) is 5.32 Å². The van der Waals surface area contributed by atoms with Crippen molar-refractivity contribution in [2.45, 2.75) is 91.4 Å².